The first kappa shape index (κ1) is 13.6. The molecule has 7 heteroatoms. The van der Waals surface area contributed by atoms with Gasteiger partial charge in [0.15, 0.2) is 11.6 Å². The average Bonchev–Trinajstić information content (AvgIpc) is 2.98. The van der Waals surface area contributed by atoms with Gasteiger partial charge in [0.05, 0.1) is 11.7 Å². The van der Waals surface area contributed by atoms with E-state index in [0.29, 0.717) is 22.5 Å². The first-order valence-corrected chi connectivity index (χ1v) is 7.28. The molecule has 0 amide bonds. The molecule has 0 fully saturated rings. The van der Waals surface area contributed by atoms with E-state index in [2.05, 4.69) is 21.9 Å². The molecule has 4 nitrogen and oxygen atoms in total. The van der Waals surface area contributed by atoms with Crippen LogP contribution in [-0.2, 0) is 13.0 Å². The number of hydrogen-bond donors (Lipinski definition) is 0. The first-order chi connectivity index (χ1) is 10.5. The van der Waals surface area contributed by atoms with Gasteiger partial charge in [0.25, 0.3) is 0 Å². The fraction of sp³-hybridized carbons (Fsp3) is 0.267. The van der Waals surface area contributed by atoms with Crippen molar-refractivity contribution < 1.29 is 8.78 Å². The van der Waals surface area contributed by atoms with E-state index in [-0.39, 0.29) is 11.0 Å². The molecule has 112 valence electrons. The van der Waals surface area contributed by atoms with E-state index in [1.165, 1.54) is 6.07 Å². The average molecular weight is 321 g/mol. The Morgan fingerprint density at radius 1 is 1.23 bits per heavy atom. The van der Waals surface area contributed by atoms with Gasteiger partial charge in [0, 0.05) is 18.5 Å². The van der Waals surface area contributed by atoms with E-state index >= 15 is 0 Å². The van der Waals surface area contributed by atoms with Crippen molar-refractivity contribution in [2.24, 2.45) is 5.92 Å². The van der Waals surface area contributed by atoms with E-state index < -0.39 is 11.6 Å². The van der Waals surface area contributed by atoms with Crippen LogP contribution < -0.4 is 0 Å². The summed E-state index contributed by atoms with van der Waals surface area (Å²) < 4.78 is 30.2. The highest BCUT2D eigenvalue weighted by atomic mass is 35.5. The van der Waals surface area contributed by atoms with Gasteiger partial charge in [-0.1, -0.05) is 6.92 Å². The van der Waals surface area contributed by atoms with Gasteiger partial charge in [-0.25, -0.2) is 23.7 Å². The van der Waals surface area contributed by atoms with Crippen LogP contribution in [0.2, 0.25) is 5.28 Å². The normalized spacial score (nSPS) is 17.2. The Bertz CT molecular complexity index is 906. The van der Waals surface area contributed by atoms with Gasteiger partial charge in [0.1, 0.15) is 17.0 Å². The summed E-state index contributed by atoms with van der Waals surface area (Å²) in [6.45, 7) is 2.90. The third-order valence-electron chi connectivity index (χ3n) is 3.90. The summed E-state index contributed by atoms with van der Waals surface area (Å²) in [5.41, 5.74) is 1.28. The number of nitrogens with zero attached hydrogens (tertiary/aromatic N) is 4. The summed E-state index contributed by atoms with van der Waals surface area (Å²) in [7, 11) is 0. The van der Waals surface area contributed by atoms with Crippen molar-refractivity contribution in [1.82, 2.24) is 19.5 Å². The molecule has 0 N–H and O–H groups in total. The Morgan fingerprint density at radius 2 is 2.05 bits per heavy atom. The van der Waals surface area contributed by atoms with E-state index in [4.69, 9.17) is 11.6 Å². The Labute approximate surface area is 129 Å². The number of aromatic nitrogens is 4. The molecule has 1 aromatic carbocycles. The van der Waals surface area contributed by atoms with Crippen LogP contribution in [0.5, 0.6) is 0 Å². The lowest BCUT2D eigenvalue weighted by Crippen LogP contribution is -1.99. The predicted molar refractivity (Wildman–Crippen MR) is 78.6 cm³/mol. The van der Waals surface area contributed by atoms with Crippen molar-refractivity contribution in [3.63, 3.8) is 0 Å². The zero-order valence-electron chi connectivity index (χ0n) is 11.6. The quantitative estimate of drug-likeness (QED) is 0.643. The van der Waals surface area contributed by atoms with Gasteiger partial charge in [0.2, 0.25) is 5.28 Å². The van der Waals surface area contributed by atoms with Gasteiger partial charge >= 0.3 is 0 Å². The predicted octanol–water partition coefficient (Wildman–Crippen LogP) is 3.62. The minimum Gasteiger partial charge on any atom is -0.328 e. The maximum atomic E-state index is 14.3. The SMILES string of the molecule is CC1Cc2nc3c(F)cc(-c4nc(Cl)ncc4F)cc3n2C1. The number of hydrogen-bond acceptors (Lipinski definition) is 3. The largest absolute Gasteiger partial charge is 0.328 e. The molecule has 3 heterocycles. The molecule has 1 aliphatic heterocycles. The van der Waals surface area contributed by atoms with Crippen molar-refractivity contribution in [2.75, 3.05) is 0 Å². The highest BCUT2D eigenvalue weighted by molar-refractivity contribution is 6.28. The summed E-state index contributed by atoms with van der Waals surface area (Å²) in [5, 5.41) is -0.0796. The second-order valence-corrected chi connectivity index (χ2v) is 5.95. The van der Waals surface area contributed by atoms with Crippen LogP contribution in [0.25, 0.3) is 22.3 Å². The molecule has 0 bridgehead atoms. The molecule has 0 radical (unpaired) electrons. The van der Waals surface area contributed by atoms with Crippen LogP contribution in [0, 0.1) is 17.6 Å². The zero-order valence-corrected chi connectivity index (χ0v) is 12.4. The minimum atomic E-state index is -0.641. The fourth-order valence-corrected chi connectivity index (χ4v) is 3.09. The molecule has 0 spiro atoms. The van der Waals surface area contributed by atoms with E-state index in [9.17, 15) is 8.78 Å². The molecular formula is C15H11ClF2N4. The number of halogens is 3. The van der Waals surface area contributed by atoms with E-state index in [0.717, 1.165) is 25.0 Å². The van der Waals surface area contributed by atoms with Gasteiger partial charge in [-0.05, 0) is 29.7 Å². The molecule has 0 aliphatic carbocycles. The molecule has 1 aliphatic rings. The second kappa shape index (κ2) is 4.71. The summed E-state index contributed by atoms with van der Waals surface area (Å²) in [4.78, 5) is 11.8. The van der Waals surface area contributed by atoms with Crippen molar-refractivity contribution in [3.05, 3.63) is 41.1 Å². The lowest BCUT2D eigenvalue weighted by molar-refractivity contribution is 0.570. The molecule has 3 aromatic rings. The molecule has 2 aromatic heterocycles. The van der Waals surface area contributed by atoms with Crippen LogP contribution >= 0.6 is 11.6 Å². The Hall–Kier alpha value is -2.08. The van der Waals surface area contributed by atoms with E-state index in [1.807, 2.05) is 4.57 Å². The molecule has 0 saturated heterocycles. The van der Waals surface area contributed by atoms with Crippen molar-refractivity contribution in [3.8, 4) is 11.3 Å². The van der Waals surface area contributed by atoms with Crippen molar-refractivity contribution >= 4 is 22.6 Å². The molecule has 1 unspecified atom stereocenters. The first-order valence-electron chi connectivity index (χ1n) is 6.90. The van der Waals surface area contributed by atoms with Crippen molar-refractivity contribution in [1.29, 1.82) is 0 Å². The molecule has 0 saturated carbocycles. The molecule has 4 rings (SSSR count). The fourth-order valence-electron chi connectivity index (χ4n) is 2.96. The lowest BCUT2D eigenvalue weighted by atomic mass is 10.1. The maximum absolute atomic E-state index is 14.3. The van der Waals surface area contributed by atoms with Gasteiger partial charge in [-0.3, -0.25) is 0 Å². The summed E-state index contributed by atoms with van der Waals surface area (Å²) >= 11 is 5.72. The van der Waals surface area contributed by atoms with Gasteiger partial charge in [-0.15, -0.1) is 0 Å². The Kier molecular flexibility index (Phi) is 2.91. The van der Waals surface area contributed by atoms with Crippen molar-refractivity contribution in [2.45, 2.75) is 19.9 Å². The summed E-state index contributed by atoms with van der Waals surface area (Å²) in [6, 6.07) is 2.94. The monoisotopic (exact) mass is 320 g/mol. The minimum absolute atomic E-state index is 0.0117. The highest BCUT2D eigenvalue weighted by Gasteiger charge is 2.24. The molecule has 1 atom stereocenters. The molecular weight excluding hydrogens is 310 g/mol. The Balaban J connectivity index is 1.97. The maximum Gasteiger partial charge on any atom is 0.223 e. The lowest BCUT2D eigenvalue weighted by Gasteiger charge is -2.06. The Morgan fingerprint density at radius 3 is 2.86 bits per heavy atom. The number of fused-ring (bicyclic) bond motifs is 3. The van der Waals surface area contributed by atoms with Crippen LogP contribution in [0.15, 0.2) is 18.3 Å². The summed E-state index contributed by atoms with van der Waals surface area (Å²) in [6.07, 6.45) is 1.80. The van der Waals surface area contributed by atoms with Gasteiger partial charge in [-0.2, -0.15) is 0 Å². The van der Waals surface area contributed by atoms with Crippen LogP contribution in [-0.4, -0.2) is 19.5 Å². The number of benzene rings is 1. The standard InChI is InChI=1S/C15H11ClF2N4/c1-7-2-12-20-14-9(17)3-8(4-11(14)22(12)6-7)13-10(18)5-19-15(16)21-13/h3-5,7H,2,6H2,1H3. The molecule has 22 heavy (non-hydrogen) atoms. The van der Waals surface area contributed by atoms with E-state index in [1.54, 1.807) is 6.07 Å². The van der Waals surface area contributed by atoms with Crippen LogP contribution in [0.1, 0.15) is 12.7 Å². The number of rotatable bonds is 1. The topological polar surface area (TPSA) is 43.6 Å². The number of imidazole rings is 1. The van der Waals surface area contributed by atoms with Crippen LogP contribution in [0.3, 0.4) is 0 Å². The smallest absolute Gasteiger partial charge is 0.223 e. The van der Waals surface area contributed by atoms with Gasteiger partial charge < -0.3 is 4.57 Å². The zero-order chi connectivity index (χ0) is 15.4. The third kappa shape index (κ3) is 1.98. The third-order valence-corrected chi connectivity index (χ3v) is 4.08. The second-order valence-electron chi connectivity index (χ2n) is 5.61. The highest BCUT2D eigenvalue weighted by Crippen LogP contribution is 2.31. The summed E-state index contributed by atoms with van der Waals surface area (Å²) in [5.74, 6) is 0.192. The van der Waals surface area contributed by atoms with Crippen LogP contribution in [0.4, 0.5) is 8.78 Å².